The fourth-order valence-corrected chi connectivity index (χ4v) is 4.16. The number of nitrogens with zero attached hydrogens (tertiary/aromatic N) is 5. The third-order valence-electron chi connectivity index (χ3n) is 5.10. The number of nitrogens with one attached hydrogen (secondary N) is 2. The summed E-state index contributed by atoms with van der Waals surface area (Å²) < 4.78 is 1.79. The van der Waals surface area contributed by atoms with Crippen LogP contribution in [0.25, 0.3) is 0 Å². The highest BCUT2D eigenvalue weighted by Crippen LogP contribution is 2.34. The largest absolute Gasteiger partial charge is 0.317 e. The number of benzene rings is 1. The molecular formula is C19H24ClN7OS. The van der Waals surface area contributed by atoms with Gasteiger partial charge in [-0.3, -0.25) is 10.1 Å². The third kappa shape index (κ3) is 4.63. The van der Waals surface area contributed by atoms with E-state index in [4.69, 9.17) is 0 Å². The zero-order chi connectivity index (χ0) is 19.6. The Labute approximate surface area is 179 Å². The molecule has 1 fully saturated rings. The molecule has 1 aliphatic heterocycles. The van der Waals surface area contributed by atoms with E-state index in [9.17, 15) is 4.79 Å². The van der Waals surface area contributed by atoms with Crippen LogP contribution in [0.5, 0.6) is 0 Å². The molecule has 0 bridgehead atoms. The number of hydrogen-bond donors (Lipinski definition) is 2. The van der Waals surface area contributed by atoms with Crippen LogP contribution in [0.4, 0.5) is 5.13 Å². The van der Waals surface area contributed by atoms with Crippen molar-refractivity contribution >= 4 is 34.8 Å². The van der Waals surface area contributed by atoms with Crippen LogP contribution in [0.15, 0.2) is 36.5 Å². The van der Waals surface area contributed by atoms with Crippen LogP contribution in [0.1, 0.15) is 53.8 Å². The van der Waals surface area contributed by atoms with Crippen LogP contribution in [0, 0.1) is 0 Å². The predicted octanol–water partition coefficient (Wildman–Crippen LogP) is 3.05. The first kappa shape index (κ1) is 21.4. The average Bonchev–Trinajstić information content (AvgIpc) is 3.39. The van der Waals surface area contributed by atoms with Crippen molar-refractivity contribution in [1.82, 2.24) is 30.5 Å². The minimum absolute atomic E-state index is 0. The smallest absolute Gasteiger partial charge is 0.279 e. The van der Waals surface area contributed by atoms with Gasteiger partial charge in [-0.2, -0.15) is 0 Å². The van der Waals surface area contributed by atoms with E-state index in [2.05, 4.69) is 57.1 Å². The lowest BCUT2D eigenvalue weighted by Gasteiger charge is -2.22. The second-order valence-electron chi connectivity index (χ2n) is 7.42. The number of rotatable bonds is 5. The zero-order valence-electron chi connectivity index (χ0n) is 16.3. The van der Waals surface area contributed by atoms with E-state index < -0.39 is 0 Å². The Morgan fingerprint density at radius 3 is 2.62 bits per heavy atom. The summed E-state index contributed by atoms with van der Waals surface area (Å²) in [6.45, 7) is 6.10. The highest BCUT2D eigenvalue weighted by Gasteiger charge is 2.28. The van der Waals surface area contributed by atoms with E-state index in [-0.39, 0.29) is 35.5 Å². The van der Waals surface area contributed by atoms with Crippen molar-refractivity contribution in [1.29, 1.82) is 0 Å². The number of anilines is 1. The van der Waals surface area contributed by atoms with Gasteiger partial charge in [0.05, 0.1) is 12.2 Å². The van der Waals surface area contributed by atoms with Crippen molar-refractivity contribution in [2.75, 3.05) is 18.4 Å². The van der Waals surface area contributed by atoms with Gasteiger partial charge >= 0.3 is 0 Å². The first-order valence-corrected chi connectivity index (χ1v) is 10.2. The summed E-state index contributed by atoms with van der Waals surface area (Å²) >= 11 is 1.38. The molecule has 2 N–H and O–H groups in total. The lowest BCUT2D eigenvalue weighted by molar-refractivity contribution is 0.102. The summed E-state index contributed by atoms with van der Waals surface area (Å²) in [7, 11) is 0. The fraction of sp³-hybridized carbons (Fsp3) is 0.421. The normalized spacial score (nSPS) is 15.0. The highest BCUT2D eigenvalue weighted by atomic mass is 35.5. The van der Waals surface area contributed by atoms with Crippen molar-refractivity contribution in [3.05, 3.63) is 52.8 Å². The van der Waals surface area contributed by atoms with Gasteiger partial charge in [-0.05, 0) is 45.3 Å². The number of aromatic nitrogens is 5. The van der Waals surface area contributed by atoms with Crippen molar-refractivity contribution in [2.24, 2.45) is 0 Å². The Balaban J connectivity index is 0.00000240. The van der Waals surface area contributed by atoms with Crippen molar-refractivity contribution < 1.29 is 4.79 Å². The summed E-state index contributed by atoms with van der Waals surface area (Å²) in [5.41, 5.74) is 1.15. The van der Waals surface area contributed by atoms with Crippen LogP contribution >= 0.6 is 23.7 Å². The van der Waals surface area contributed by atoms with Gasteiger partial charge in [0.2, 0.25) is 5.13 Å². The molecule has 1 aliphatic rings. The molecule has 1 saturated heterocycles. The van der Waals surface area contributed by atoms with E-state index >= 15 is 0 Å². The minimum atomic E-state index is -0.319. The van der Waals surface area contributed by atoms with Crippen molar-refractivity contribution in [3.8, 4) is 0 Å². The van der Waals surface area contributed by atoms with Gasteiger partial charge in [-0.1, -0.05) is 46.9 Å². The topological polar surface area (TPSA) is 97.6 Å². The maximum absolute atomic E-state index is 12.5. The maximum atomic E-state index is 12.5. The molecule has 0 saturated carbocycles. The SMILES string of the molecule is CC(C)(c1ccccc1)c1nnc(NC(=O)c2cn(C3CCNCC3)nn2)s1.Cl. The Morgan fingerprint density at radius 1 is 1.17 bits per heavy atom. The summed E-state index contributed by atoms with van der Waals surface area (Å²) in [4.78, 5) is 12.5. The number of carbonyl (C=O) groups excluding carboxylic acids is 1. The van der Waals surface area contributed by atoms with E-state index in [0.29, 0.717) is 5.13 Å². The van der Waals surface area contributed by atoms with E-state index in [1.165, 1.54) is 11.3 Å². The molecule has 29 heavy (non-hydrogen) atoms. The third-order valence-corrected chi connectivity index (χ3v) is 6.26. The first-order chi connectivity index (χ1) is 13.5. The molecule has 3 heterocycles. The summed E-state index contributed by atoms with van der Waals surface area (Å²) in [6.07, 6.45) is 3.68. The van der Waals surface area contributed by atoms with Gasteiger partial charge in [0.15, 0.2) is 5.69 Å². The number of amides is 1. The lowest BCUT2D eigenvalue weighted by atomic mass is 9.85. The van der Waals surface area contributed by atoms with Gasteiger partial charge in [0, 0.05) is 5.41 Å². The Morgan fingerprint density at radius 2 is 1.90 bits per heavy atom. The van der Waals surface area contributed by atoms with Crippen LogP contribution in [-0.2, 0) is 5.41 Å². The fourth-order valence-electron chi connectivity index (χ4n) is 3.30. The standard InChI is InChI=1S/C19H23N7OS.ClH/c1-19(2,13-6-4-3-5-7-13)17-23-24-18(28-17)21-16(27)15-12-26(25-22-15)14-8-10-20-11-9-14;/h3-7,12,14,20H,8-11H2,1-2H3,(H,21,24,27);1H. The quantitative estimate of drug-likeness (QED) is 0.641. The Kier molecular flexibility index (Phi) is 6.61. The average molecular weight is 434 g/mol. The molecule has 154 valence electrons. The van der Waals surface area contributed by atoms with Gasteiger partial charge in [0.25, 0.3) is 5.91 Å². The highest BCUT2D eigenvalue weighted by molar-refractivity contribution is 7.15. The minimum Gasteiger partial charge on any atom is -0.317 e. The summed E-state index contributed by atoms with van der Waals surface area (Å²) in [6, 6.07) is 10.4. The van der Waals surface area contributed by atoms with Gasteiger partial charge in [-0.15, -0.1) is 27.7 Å². The van der Waals surface area contributed by atoms with Gasteiger partial charge in [-0.25, -0.2) is 4.68 Å². The molecule has 0 radical (unpaired) electrons. The lowest BCUT2D eigenvalue weighted by Crippen LogP contribution is -2.29. The molecule has 0 spiro atoms. The van der Waals surface area contributed by atoms with Crippen LogP contribution in [0.2, 0.25) is 0 Å². The molecule has 1 aromatic carbocycles. The molecular weight excluding hydrogens is 410 g/mol. The predicted molar refractivity (Wildman–Crippen MR) is 115 cm³/mol. The Bertz CT molecular complexity index is 950. The van der Waals surface area contributed by atoms with Gasteiger partial charge in [0.1, 0.15) is 5.01 Å². The van der Waals surface area contributed by atoms with Crippen molar-refractivity contribution in [2.45, 2.75) is 38.1 Å². The number of hydrogen-bond acceptors (Lipinski definition) is 7. The summed E-state index contributed by atoms with van der Waals surface area (Å²) in [5.74, 6) is -0.319. The Hall–Kier alpha value is -2.36. The second-order valence-corrected chi connectivity index (χ2v) is 8.40. The molecule has 3 aromatic rings. The monoisotopic (exact) mass is 433 g/mol. The zero-order valence-corrected chi connectivity index (χ0v) is 18.0. The number of piperidine rings is 1. The number of carbonyl (C=O) groups is 1. The van der Waals surface area contributed by atoms with E-state index in [0.717, 1.165) is 36.5 Å². The molecule has 0 aliphatic carbocycles. The van der Waals surface area contributed by atoms with Gasteiger partial charge < -0.3 is 5.32 Å². The summed E-state index contributed by atoms with van der Waals surface area (Å²) in [5, 5.41) is 24.0. The molecule has 2 aromatic heterocycles. The van der Waals surface area contributed by atoms with E-state index in [1.807, 2.05) is 18.2 Å². The molecule has 0 atom stereocenters. The molecule has 0 unspecified atom stereocenters. The molecule has 10 heteroatoms. The second kappa shape index (κ2) is 8.98. The first-order valence-electron chi connectivity index (χ1n) is 9.37. The van der Waals surface area contributed by atoms with E-state index in [1.54, 1.807) is 10.9 Å². The van der Waals surface area contributed by atoms with Crippen molar-refractivity contribution in [3.63, 3.8) is 0 Å². The molecule has 1 amide bonds. The molecule has 8 nitrogen and oxygen atoms in total. The maximum Gasteiger partial charge on any atom is 0.279 e. The number of halogens is 1. The molecule has 4 rings (SSSR count). The van der Waals surface area contributed by atoms with Crippen LogP contribution in [0.3, 0.4) is 0 Å². The van der Waals surface area contributed by atoms with Crippen LogP contribution < -0.4 is 10.6 Å². The van der Waals surface area contributed by atoms with Crippen LogP contribution in [-0.4, -0.2) is 44.2 Å².